The summed E-state index contributed by atoms with van der Waals surface area (Å²) in [5.74, 6) is 1.64. The lowest BCUT2D eigenvalue weighted by Gasteiger charge is -2.12. The number of hydrogen-bond acceptors (Lipinski definition) is 4. The van der Waals surface area contributed by atoms with Gasteiger partial charge in [-0.25, -0.2) is 4.98 Å². The summed E-state index contributed by atoms with van der Waals surface area (Å²) in [6.07, 6.45) is 2.56. The molecule has 1 saturated heterocycles. The second-order valence-electron chi connectivity index (χ2n) is 5.13. The Bertz CT molecular complexity index is 549. The Hall–Kier alpha value is -1.55. The van der Waals surface area contributed by atoms with Gasteiger partial charge in [-0.05, 0) is 31.0 Å². The molecular weight excluding hydrogens is 226 g/mol. The fourth-order valence-electron chi connectivity index (χ4n) is 2.64. The minimum Gasteiger partial charge on any atom is -0.439 e. The predicted molar refractivity (Wildman–Crippen MR) is 72.1 cm³/mol. The van der Waals surface area contributed by atoms with Crippen molar-refractivity contribution in [2.45, 2.75) is 26.3 Å². The number of oxazole rings is 1. The molecule has 1 aromatic carbocycles. The normalized spacial score (nSPS) is 20.8. The summed E-state index contributed by atoms with van der Waals surface area (Å²) in [6, 6.07) is 5.61. The van der Waals surface area contributed by atoms with Gasteiger partial charge in [0.15, 0.2) is 5.58 Å². The van der Waals surface area contributed by atoms with Crippen LogP contribution in [0, 0.1) is 5.92 Å². The Morgan fingerprint density at radius 3 is 3.17 bits per heavy atom. The van der Waals surface area contributed by atoms with Crippen molar-refractivity contribution in [1.82, 2.24) is 9.88 Å². The van der Waals surface area contributed by atoms with Gasteiger partial charge in [0, 0.05) is 18.3 Å². The molecule has 1 aliphatic heterocycles. The Balaban J connectivity index is 1.75. The highest BCUT2D eigenvalue weighted by Gasteiger charge is 2.22. The summed E-state index contributed by atoms with van der Waals surface area (Å²) in [5.41, 5.74) is 8.14. The van der Waals surface area contributed by atoms with Crippen molar-refractivity contribution < 1.29 is 4.42 Å². The summed E-state index contributed by atoms with van der Waals surface area (Å²) in [5, 5.41) is 0. The molecule has 96 valence electrons. The van der Waals surface area contributed by atoms with E-state index in [9.17, 15) is 0 Å². The first kappa shape index (κ1) is 11.5. The number of likely N-dealkylation sites (tertiary alicyclic amines) is 1. The monoisotopic (exact) mass is 245 g/mol. The fourth-order valence-corrected chi connectivity index (χ4v) is 2.64. The molecule has 2 N–H and O–H groups in total. The van der Waals surface area contributed by atoms with Crippen LogP contribution >= 0.6 is 0 Å². The SMILES string of the molecule is CCC1CCN(Cc2nc3ccc(N)cc3o2)C1. The average molecular weight is 245 g/mol. The van der Waals surface area contributed by atoms with Crippen LogP contribution in [0.4, 0.5) is 5.69 Å². The van der Waals surface area contributed by atoms with E-state index in [-0.39, 0.29) is 0 Å². The van der Waals surface area contributed by atoms with Gasteiger partial charge in [-0.15, -0.1) is 0 Å². The first-order valence-electron chi connectivity index (χ1n) is 6.62. The summed E-state index contributed by atoms with van der Waals surface area (Å²) >= 11 is 0. The van der Waals surface area contributed by atoms with E-state index < -0.39 is 0 Å². The van der Waals surface area contributed by atoms with Crippen molar-refractivity contribution in [2.75, 3.05) is 18.8 Å². The quantitative estimate of drug-likeness (QED) is 0.845. The molecule has 4 heteroatoms. The molecule has 3 rings (SSSR count). The first-order valence-corrected chi connectivity index (χ1v) is 6.62. The lowest BCUT2D eigenvalue weighted by atomic mass is 10.1. The molecule has 0 radical (unpaired) electrons. The number of rotatable bonds is 3. The second kappa shape index (κ2) is 4.61. The van der Waals surface area contributed by atoms with E-state index >= 15 is 0 Å². The number of fused-ring (bicyclic) bond motifs is 1. The third kappa shape index (κ3) is 2.20. The van der Waals surface area contributed by atoms with E-state index in [1.165, 1.54) is 12.8 Å². The topological polar surface area (TPSA) is 55.3 Å². The molecule has 4 nitrogen and oxygen atoms in total. The van der Waals surface area contributed by atoms with Crippen LogP contribution in [-0.2, 0) is 6.54 Å². The maximum Gasteiger partial charge on any atom is 0.209 e. The van der Waals surface area contributed by atoms with Crippen molar-refractivity contribution in [3.05, 3.63) is 24.1 Å². The van der Waals surface area contributed by atoms with Crippen molar-refractivity contribution >= 4 is 16.8 Å². The second-order valence-corrected chi connectivity index (χ2v) is 5.13. The van der Waals surface area contributed by atoms with E-state index in [1.54, 1.807) is 0 Å². The maximum absolute atomic E-state index is 5.75. The van der Waals surface area contributed by atoms with Crippen LogP contribution in [0.5, 0.6) is 0 Å². The van der Waals surface area contributed by atoms with E-state index in [2.05, 4.69) is 16.8 Å². The van der Waals surface area contributed by atoms with Crippen LogP contribution < -0.4 is 5.73 Å². The minimum atomic E-state index is 0.720. The van der Waals surface area contributed by atoms with E-state index in [0.717, 1.165) is 48.2 Å². The van der Waals surface area contributed by atoms with Crippen molar-refractivity contribution in [3.63, 3.8) is 0 Å². The first-order chi connectivity index (χ1) is 8.74. The van der Waals surface area contributed by atoms with E-state index in [0.29, 0.717) is 0 Å². The van der Waals surface area contributed by atoms with Gasteiger partial charge < -0.3 is 10.2 Å². The van der Waals surface area contributed by atoms with Gasteiger partial charge >= 0.3 is 0 Å². The van der Waals surface area contributed by atoms with Gasteiger partial charge in [0.25, 0.3) is 0 Å². The smallest absolute Gasteiger partial charge is 0.209 e. The Labute approximate surface area is 107 Å². The Kier molecular flexibility index (Phi) is 2.96. The maximum atomic E-state index is 5.75. The molecular formula is C14H19N3O. The Morgan fingerprint density at radius 1 is 1.50 bits per heavy atom. The van der Waals surface area contributed by atoms with Gasteiger partial charge in [0.1, 0.15) is 5.52 Å². The highest BCUT2D eigenvalue weighted by molar-refractivity contribution is 5.76. The molecule has 1 atom stereocenters. The number of nitrogens with two attached hydrogens (primary N) is 1. The lowest BCUT2D eigenvalue weighted by Crippen LogP contribution is -2.20. The highest BCUT2D eigenvalue weighted by Crippen LogP contribution is 2.23. The van der Waals surface area contributed by atoms with Crippen LogP contribution in [0.3, 0.4) is 0 Å². The predicted octanol–water partition coefficient (Wildman–Crippen LogP) is 2.64. The van der Waals surface area contributed by atoms with Crippen LogP contribution in [-0.4, -0.2) is 23.0 Å². The van der Waals surface area contributed by atoms with Gasteiger partial charge in [-0.3, -0.25) is 4.90 Å². The molecule has 1 fully saturated rings. The van der Waals surface area contributed by atoms with Gasteiger partial charge in [-0.2, -0.15) is 0 Å². The molecule has 2 aromatic rings. The molecule has 2 heterocycles. The van der Waals surface area contributed by atoms with Crippen molar-refractivity contribution in [2.24, 2.45) is 5.92 Å². The number of nitrogen functional groups attached to an aromatic ring is 1. The van der Waals surface area contributed by atoms with E-state index in [4.69, 9.17) is 10.2 Å². The molecule has 0 bridgehead atoms. The van der Waals surface area contributed by atoms with Gasteiger partial charge in [0.2, 0.25) is 5.89 Å². The summed E-state index contributed by atoms with van der Waals surface area (Å²) in [7, 11) is 0. The zero-order valence-electron chi connectivity index (χ0n) is 10.7. The van der Waals surface area contributed by atoms with Gasteiger partial charge in [0.05, 0.1) is 6.54 Å². The fraction of sp³-hybridized carbons (Fsp3) is 0.500. The van der Waals surface area contributed by atoms with Crippen LogP contribution in [0.1, 0.15) is 25.7 Å². The van der Waals surface area contributed by atoms with Crippen molar-refractivity contribution in [1.29, 1.82) is 0 Å². The zero-order chi connectivity index (χ0) is 12.5. The third-order valence-corrected chi connectivity index (χ3v) is 3.76. The number of aromatic nitrogens is 1. The molecule has 0 aliphatic carbocycles. The number of hydrogen-bond donors (Lipinski definition) is 1. The highest BCUT2D eigenvalue weighted by atomic mass is 16.3. The van der Waals surface area contributed by atoms with Crippen molar-refractivity contribution in [3.8, 4) is 0 Å². The minimum absolute atomic E-state index is 0.720. The summed E-state index contributed by atoms with van der Waals surface area (Å²) < 4.78 is 5.75. The number of benzene rings is 1. The average Bonchev–Trinajstić information content (AvgIpc) is 2.95. The standard InChI is InChI=1S/C14H19N3O/c1-2-10-5-6-17(8-10)9-14-16-12-4-3-11(15)7-13(12)18-14/h3-4,7,10H,2,5-6,8-9,15H2,1H3. The molecule has 1 aliphatic rings. The third-order valence-electron chi connectivity index (χ3n) is 3.76. The lowest BCUT2D eigenvalue weighted by molar-refractivity contribution is 0.283. The number of anilines is 1. The molecule has 1 unspecified atom stereocenters. The van der Waals surface area contributed by atoms with Crippen LogP contribution in [0.15, 0.2) is 22.6 Å². The molecule has 0 saturated carbocycles. The summed E-state index contributed by atoms with van der Waals surface area (Å²) in [6.45, 7) is 5.39. The molecule has 1 aromatic heterocycles. The van der Waals surface area contributed by atoms with Crippen LogP contribution in [0.2, 0.25) is 0 Å². The van der Waals surface area contributed by atoms with E-state index in [1.807, 2.05) is 18.2 Å². The Morgan fingerprint density at radius 2 is 2.39 bits per heavy atom. The summed E-state index contributed by atoms with van der Waals surface area (Å²) in [4.78, 5) is 6.92. The molecule has 18 heavy (non-hydrogen) atoms. The van der Waals surface area contributed by atoms with Crippen LogP contribution in [0.25, 0.3) is 11.1 Å². The van der Waals surface area contributed by atoms with Gasteiger partial charge in [-0.1, -0.05) is 13.3 Å². The number of nitrogens with zero attached hydrogens (tertiary/aromatic N) is 2. The largest absolute Gasteiger partial charge is 0.439 e. The molecule has 0 spiro atoms. The molecule has 0 amide bonds. The zero-order valence-corrected chi connectivity index (χ0v) is 10.7.